The van der Waals surface area contributed by atoms with E-state index in [1.54, 1.807) is 11.3 Å². The molecule has 1 aromatic heterocycles. The van der Waals surface area contributed by atoms with Gasteiger partial charge in [0.1, 0.15) is 0 Å². The first kappa shape index (κ1) is 12.0. The Hall–Kier alpha value is -0.0900. The van der Waals surface area contributed by atoms with Gasteiger partial charge in [-0.05, 0) is 50.2 Å². The smallest absolute Gasteiger partial charge is 0.0934 e. The molecule has 0 aliphatic heterocycles. The molecule has 1 atom stereocenters. The number of aliphatic hydroxyl groups is 1. The quantitative estimate of drug-likeness (QED) is 0.884. The van der Waals surface area contributed by atoms with Crippen LogP contribution < -0.4 is 5.32 Å². The molecule has 0 spiro atoms. The van der Waals surface area contributed by atoms with Gasteiger partial charge in [-0.1, -0.05) is 11.6 Å². The summed E-state index contributed by atoms with van der Waals surface area (Å²) in [5.74, 6) is 0. The van der Waals surface area contributed by atoms with Crippen LogP contribution in [-0.2, 0) is 6.42 Å². The van der Waals surface area contributed by atoms with E-state index in [1.807, 2.05) is 0 Å². The largest absolute Gasteiger partial charge is 0.389 e. The van der Waals surface area contributed by atoms with E-state index >= 15 is 0 Å². The van der Waals surface area contributed by atoms with Gasteiger partial charge in [0.05, 0.1) is 9.94 Å². The fourth-order valence-electron chi connectivity index (χ4n) is 2.81. The van der Waals surface area contributed by atoms with E-state index in [-0.39, 0.29) is 0 Å². The lowest BCUT2D eigenvalue weighted by Gasteiger charge is -2.38. The van der Waals surface area contributed by atoms with Gasteiger partial charge in [0.15, 0.2) is 0 Å². The van der Waals surface area contributed by atoms with Gasteiger partial charge in [-0.25, -0.2) is 0 Å². The minimum Gasteiger partial charge on any atom is -0.389 e. The van der Waals surface area contributed by atoms with Crippen LogP contribution in [0.25, 0.3) is 0 Å². The Labute approximate surface area is 111 Å². The predicted molar refractivity (Wildman–Crippen MR) is 71.8 cm³/mol. The SMILES string of the molecule is OC1(CNC2CCCc3sc(Cl)cc32)CCC1. The summed E-state index contributed by atoms with van der Waals surface area (Å²) >= 11 is 7.80. The zero-order chi connectivity index (χ0) is 11.9. The van der Waals surface area contributed by atoms with Gasteiger partial charge in [-0.3, -0.25) is 0 Å². The maximum Gasteiger partial charge on any atom is 0.0934 e. The molecule has 0 radical (unpaired) electrons. The minimum atomic E-state index is -0.433. The Morgan fingerprint density at radius 2 is 2.29 bits per heavy atom. The van der Waals surface area contributed by atoms with Crippen molar-refractivity contribution in [3.05, 3.63) is 20.8 Å². The summed E-state index contributed by atoms with van der Waals surface area (Å²) in [5.41, 5.74) is 0.936. The standard InChI is InChI=1S/C13H18ClNOS/c14-12-7-9-10(3-1-4-11(9)17-12)15-8-13(16)5-2-6-13/h7,10,15-16H,1-6,8H2. The normalized spacial score (nSPS) is 26.4. The van der Waals surface area contributed by atoms with E-state index in [9.17, 15) is 5.11 Å². The van der Waals surface area contributed by atoms with Gasteiger partial charge < -0.3 is 10.4 Å². The first-order valence-electron chi connectivity index (χ1n) is 6.40. The van der Waals surface area contributed by atoms with Crippen LogP contribution >= 0.6 is 22.9 Å². The van der Waals surface area contributed by atoms with Crippen LogP contribution in [0.15, 0.2) is 6.07 Å². The molecule has 3 rings (SSSR count). The molecule has 2 aliphatic rings. The summed E-state index contributed by atoms with van der Waals surface area (Å²) in [7, 11) is 0. The van der Waals surface area contributed by atoms with Crippen LogP contribution in [-0.4, -0.2) is 17.3 Å². The summed E-state index contributed by atoms with van der Waals surface area (Å²) in [4.78, 5) is 1.43. The van der Waals surface area contributed by atoms with Crippen molar-refractivity contribution >= 4 is 22.9 Å². The highest BCUT2D eigenvalue weighted by atomic mass is 35.5. The summed E-state index contributed by atoms with van der Waals surface area (Å²) in [6, 6.07) is 2.50. The molecule has 1 unspecified atom stereocenters. The molecule has 94 valence electrons. The summed E-state index contributed by atoms with van der Waals surface area (Å²) in [5, 5.41) is 13.6. The van der Waals surface area contributed by atoms with Gasteiger partial charge in [0.2, 0.25) is 0 Å². The Morgan fingerprint density at radius 1 is 1.47 bits per heavy atom. The highest BCUT2D eigenvalue weighted by molar-refractivity contribution is 7.16. The van der Waals surface area contributed by atoms with E-state index in [0.29, 0.717) is 6.04 Å². The number of hydrogen-bond acceptors (Lipinski definition) is 3. The van der Waals surface area contributed by atoms with Gasteiger partial charge in [-0.2, -0.15) is 0 Å². The zero-order valence-electron chi connectivity index (χ0n) is 9.84. The van der Waals surface area contributed by atoms with Crippen molar-refractivity contribution in [2.45, 2.75) is 50.2 Å². The average molecular weight is 272 g/mol. The first-order valence-corrected chi connectivity index (χ1v) is 7.60. The number of rotatable bonds is 3. The maximum absolute atomic E-state index is 10.1. The number of fused-ring (bicyclic) bond motifs is 1. The Morgan fingerprint density at radius 3 is 3.00 bits per heavy atom. The molecule has 2 nitrogen and oxygen atoms in total. The number of nitrogens with one attached hydrogen (secondary N) is 1. The van der Waals surface area contributed by atoms with Crippen LogP contribution in [0.2, 0.25) is 4.34 Å². The second-order valence-electron chi connectivity index (χ2n) is 5.33. The third-order valence-electron chi connectivity index (χ3n) is 4.05. The summed E-state index contributed by atoms with van der Waals surface area (Å²) < 4.78 is 0.894. The second kappa shape index (κ2) is 4.54. The topological polar surface area (TPSA) is 32.3 Å². The van der Waals surface area contributed by atoms with Crippen LogP contribution in [0.3, 0.4) is 0 Å². The highest BCUT2D eigenvalue weighted by Gasteiger charge is 2.35. The fraction of sp³-hybridized carbons (Fsp3) is 0.692. The summed E-state index contributed by atoms with van der Waals surface area (Å²) in [6.07, 6.45) is 6.61. The van der Waals surface area contributed by atoms with Crippen LogP contribution in [0.1, 0.15) is 48.6 Å². The molecule has 0 saturated heterocycles. The lowest BCUT2D eigenvalue weighted by atomic mass is 9.80. The first-order chi connectivity index (χ1) is 8.16. The third-order valence-corrected chi connectivity index (χ3v) is 5.39. The van der Waals surface area contributed by atoms with Gasteiger partial charge >= 0.3 is 0 Å². The van der Waals surface area contributed by atoms with Crippen molar-refractivity contribution < 1.29 is 5.11 Å². The Balaban J connectivity index is 1.68. The lowest BCUT2D eigenvalue weighted by molar-refractivity contribution is -0.0336. The lowest BCUT2D eigenvalue weighted by Crippen LogP contribution is -2.47. The van der Waals surface area contributed by atoms with Crippen LogP contribution in [0.5, 0.6) is 0 Å². The Kier molecular flexibility index (Phi) is 3.20. The highest BCUT2D eigenvalue weighted by Crippen LogP contribution is 2.38. The van der Waals surface area contributed by atoms with Crippen molar-refractivity contribution in [3.8, 4) is 0 Å². The number of thiophene rings is 1. The number of aryl methyl sites for hydroxylation is 1. The van der Waals surface area contributed by atoms with E-state index in [2.05, 4.69) is 11.4 Å². The van der Waals surface area contributed by atoms with Gasteiger partial charge in [0, 0.05) is 17.5 Å². The van der Waals surface area contributed by atoms with E-state index < -0.39 is 5.60 Å². The molecule has 0 bridgehead atoms. The molecule has 2 N–H and O–H groups in total. The molecule has 0 amide bonds. The summed E-state index contributed by atoms with van der Waals surface area (Å²) in [6.45, 7) is 0.727. The molecule has 2 aliphatic carbocycles. The monoisotopic (exact) mass is 271 g/mol. The van der Waals surface area contributed by atoms with Gasteiger partial charge in [0.25, 0.3) is 0 Å². The van der Waals surface area contributed by atoms with Crippen molar-refractivity contribution in [2.75, 3.05) is 6.54 Å². The molecule has 1 saturated carbocycles. The van der Waals surface area contributed by atoms with Crippen molar-refractivity contribution in [1.29, 1.82) is 0 Å². The molecule has 4 heteroatoms. The molecule has 1 heterocycles. The molecule has 17 heavy (non-hydrogen) atoms. The average Bonchev–Trinajstić information content (AvgIpc) is 2.64. The minimum absolute atomic E-state index is 0.395. The maximum atomic E-state index is 10.1. The Bertz CT molecular complexity index is 414. The molecular formula is C13H18ClNOS. The molecular weight excluding hydrogens is 254 g/mol. The van der Waals surface area contributed by atoms with Crippen molar-refractivity contribution in [1.82, 2.24) is 5.32 Å². The van der Waals surface area contributed by atoms with Gasteiger partial charge in [-0.15, -0.1) is 11.3 Å². The number of hydrogen-bond donors (Lipinski definition) is 2. The molecule has 1 aromatic rings. The fourth-order valence-corrected chi connectivity index (χ4v) is 4.19. The molecule has 0 aromatic carbocycles. The molecule has 1 fully saturated rings. The van der Waals surface area contributed by atoms with E-state index in [0.717, 1.165) is 36.6 Å². The second-order valence-corrected chi connectivity index (χ2v) is 7.10. The van der Waals surface area contributed by atoms with E-state index in [1.165, 1.54) is 23.3 Å². The zero-order valence-corrected chi connectivity index (χ0v) is 11.4. The van der Waals surface area contributed by atoms with Crippen LogP contribution in [0, 0.1) is 0 Å². The van der Waals surface area contributed by atoms with E-state index in [4.69, 9.17) is 11.6 Å². The number of halogens is 1. The predicted octanol–water partition coefficient (Wildman–Crippen LogP) is 3.28. The van der Waals surface area contributed by atoms with Crippen molar-refractivity contribution in [2.24, 2.45) is 0 Å². The van der Waals surface area contributed by atoms with Crippen molar-refractivity contribution in [3.63, 3.8) is 0 Å². The van der Waals surface area contributed by atoms with Crippen LogP contribution in [0.4, 0.5) is 0 Å². The third kappa shape index (κ3) is 2.39.